The predicted molar refractivity (Wildman–Crippen MR) is 131 cm³/mol. The summed E-state index contributed by atoms with van der Waals surface area (Å²) in [4.78, 5) is 38.2. The Hall–Kier alpha value is -3.73. The third-order valence-corrected chi connectivity index (χ3v) is 7.91. The van der Waals surface area contributed by atoms with Crippen molar-refractivity contribution in [3.63, 3.8) is 0 Å². The summed E-state index contributed by atoms with van der Waals surface area (Å²) in [5.41, 5.74) is -0.0215. The van der Waals surface area contributed by atoms with E-state index >= 15 is 0 Å². The van der Waals surface area contributed by atoms with Gasteiger partial charge in [0, 0.05) is 24.3 Å². The minimum atomic E-state index is -4.41. The number of pyridine rings is 3. The quantitative estimate of drug-likeness (QED) is 0.531. The van der Waals surface area contributed by atoms with E-state index in [1.807, 2.05) is 9.62 Å². The summed E-state index contributed by atoms with van der Waals surface area (Å²) in [6, 6.07) is 10.9. The molecule has 0 bridgehead atoms. The average molecular weight is 498 g/mol. The molecule has 11 heteroatoms. The maximum absolute atomic E-state index is 13.3. The molecule has 0 spiro atoms. The summed E-state index contributed by atoms with van der Waals surface area (Å²) in [6.07, 6.45) is 2.20. The van der Waals surface area contributed by atoms with Crippen molar-refractivity contribution in [1.29, 1.82) is 0 Å². The van der Waals surface area contributed by atoms with Gasteiger partial charge in [-0.05, 0) is 56.5 Å². The molecule has 1 amide bonds. The van der Waals surface area contributed by atoms with Crippen LogP contribution < -0.4 is 19.9 Å². The van der Waals surface area contributed by atoms with Crippen LogP contribution in [0.4, 0.5) is 5.82 Å². The third kappa shape index (κ3) is 4.63. The number of sulfonamides is 1. The normalized spacial score (nSPS) is 17.3. The number of amides is 1. The third-order valence-electron chi connectivity index (χ3n) is 6.56. The lowest BCUT2D eigenvalue weighted by Gasteiger charge is -2.36. The van der Waals surface area contributed by atoms with E-state index in [2.05, 4.69) is 30.7 Å². The molecular weight excluding hydrogens is 470 g/mol. The predicted octanol–water partition coefficient (Wildman–Crippen LogP) is 2.58. The van der Waals surface area contributed by atoms with Crippen LogP contribution in [0.25, 0.3) is 11.4 Å². The van der Waals surface area contributed by atoms with Crippen LogP contribution in [0.3, 0.4) is 0 Å². The maximum Gasteiger partial charge on any atom is 0.269 e. The Kier molecular flexibility index (Phi) is 6.37. The zero-order valence-corrected chi connectivity index (χ0v) is 20.7. The first-order valence-corrected chi connectivity index (χ1v) is 12.6. The molecule has 1 aliphatic heterocycles. The van der Waals surface area contributed by atoms with E-state index in [1.54, 1.807) is 24.3 Å². The van der Waals surface area contributed by atoms with Crippen LogP contribution in [-0.4, -0.2) is 48.5 Å². The Bertz CT molecular complexity index is 1430. The van der Waals surface area contributed by atoms with Crippen LogP contribution in [0.5, 0.6) is 5.88 Å². The maximum atomic E-state index is 13.3. The molecule has 35 heavy (non-hydrogen) atoms. The van der Waals surface area contributed by atoms with E-state index in [4.69, 9.17) is 9.72 Å². The molecule has 0 aromatic carbocycles. The summed E-state index contributed by atoms with van der Waals surface area (Å²) >= 11 is 0. The number of methoxy groups -OCH3 is 1. The highest BCUT2D eigenvalue weighted by Crippen LogP contribution is 2.39. The Morgan fingerprint density at radius 2 is 1.89 bits per heavy atom. The molecule has 0 saturated carbocycles. The highest BCUT2D eigenvalue weighted by Gasteiger charge is 2.41. The van der Waals surface area contributed by atoms with Gasteiger partial charge in [0.05, 0.1) is 24.1 Å². The number of hydrogen-bond donors (Lipinski definition) is 2. The van der Waals surface area contributed by atoms with Crippen LogP contribution >= 0.6 is 0 Å². The van der Waals surface area contributed by atoms with Crippen LogP contribution in [0.2, 0.25) is 0 Å². The van der Waals surface area contributed by atoms with E-state index in [0.717, 1.165) is 12.5 Å². The van der Waals surface area contributed by atoms with Gasteiger partial charge in [0.1, 0.15) is 5.82 Å². The van der Waals surface area contributed by atoms with Gasteiger partial charge in [-0.3, -0.25) is 9.59 Å². The minimum absolute atomic E-state index is 0.0785. The fraction of sp³-hybridized carbons (Fsp3) is 0.333. The second-order valence-electron chi connectivity index (χ2n) is 8.93. The molecule has 1 atom stereocenters. The largest absolute Gasteiger partial charge is 0.481 e. The van der Waals surface area contributed by atoms with Gasteiger partial charge in [-0.15, -0.1) is 0 Å². The van der Waals surface area contributed by atoms with E-state index < -0.39 is 26.4 Å². The Morgan fingerprint density at radius 3 is 2.54 bits per heavy atom. The van der Waals surface area contributed by atoms with Crippen molar-refractivity contribution >= 4 is 21.7 Å². The molecule has 4 rings (SSSR count). The van der Waals surface area contributed by atoms with Crippen molar-refractivity contribution in [1.82, 2.24) is 19.7 Å². The summed E-state index contributed by atoms with van der Waals surface area (Å²) in [5, 5.41) is 0. The molecule has 1 fully saturated rings. The molecule has 3 aromatic rings. The topological polar surface area (TPSA) is 134 Å². The molecule has 1 unspecified atom stereocenters. The van der Waals surface area contributed by atoms with Crippen molar-refractivity contribution < 1.29 is 17.9 Å². The second-order valence-corrected chi connectivity index (χ2v) is 10.6. The lowest BCUT2D eigenvalue weighted by molar-refractivity contribution is 0.0981. The molecule has 1 saturated heterocycles. The second kappa shape index (κ2) is 9.14. The first-order chi connectivity index (χ1) is 16.5. The molecule has 0 radical (unpaired) electrons. The van der Waals surface area contributed by atoms with Gasteiger partial charge >= 0.3 is 0 Å². The van der Waals surface area contributed by atoms with E-state index in [-0.39, 0.29) is 11.1 Å². The van der Waals surface area contributed by atoms with Gasteiger partial charge in [-0.1, -0.05) is 13.0 Å². The number of ether oxygens (including phenoxy) is 1. The summed E-state index contributed by atoms with van der Waals surface area (Å²) in [7, 11) is -2.89. The fourth-order valence-corrected chi connectivity index (χ4v) is 5.13. The smallest absolute Gasteiger partial charge is 0.269 e. The molecule has 0 aliphatic carbocycles. The van der Waals surface area contributed by atoms with Crippen LogP contribution in [0.15, 0.2) is 58.4 Å². The zero-order chi connectivity index (χ0) is 25.4. The van der Waals surface area contributed by atoms with Crippen molar-refractivity contribution in [3.05, 3.63) is 64.6 Å². The molecule has 2 N–H and O–H groups in total. The van der Waals surface area contributed by atoms with Crippen molar-refractivity contribution in [3.8, 4) is 17.3 Å². The van der Waals surface area contributed by atoms with Crippen molar-refractivity contribution in [2.24, 2.45) is 5.92 Å². The molecule has 184 valence electrons. The Morgan fingerprint density at radius 1 is 1.14 bits per heavy atom. The molecule has 10 nitrogen and oxygen atoms in total. The van der Waals surface area contributed by atoms with Gasteiger partial charge in [-0.2, -0.15) is 0 Å². The number of nitrogens with one attached hydrogen (secondary N) is 2. The van der Waals surface area contributed by atoms with E-state index in [1.165, 1.54) is 25.4 Å². The molecular formula is C24H27N5O5S. The van der Waals surface area contributed by atoms with Crippen LogP contribution in [-0.2, 0) is 10.0 Å². The number of carbonyl (C=O) groups is 1. The summed E-state index contributed by atoms with van der Waals surface area (Å²) in [5.74, 6) is 0.194. The minimum Gasteiger partial charge on any atom is -0.481 e. The Labute approximate surface area is 203 Å². The molecule has 3 aromatic heterocycles. The monoisotopic (exact) mass is 497 g/mol. The number of carbonyl (C=O) groups excluding carboxylic acids is 1. The summed E-state index contributed by atoms with van der Waals surface area (Å²) < 4.78 is 32.8. The van der Waals surface area contributed by atoms with Gasteiger partial charge < -0.3 is 14.6 Å². The number of hydrogen-bond acceptors (Lipinski definition) is 8. The average Bonchev–Trinajstić information content (AvgIpc) is 3.10. The van der Waals surface area contributed by atoms with Crippen LogP contribution in [0, 0.1) is 5.92 Å². The lowest BCUT2D eigenvalue weighted by Crippen LogP contribution is -2.44. The number of aromatic nitrogens is 3. The number of anilines is 1. The fourth-order valence-electron chi connectivity index (χ4n) is 4.10. The summed E-state index contributed by atoms with van der Waals surface area (Å²) in [6.45, 7) is 6.89. The van der Waals surface area contributed by atoms with E-state index in [0.29, 0.717) is 35.5 Å². The van der Waals surface area contributed by atoms with Gasteiger partial charge in [0.2, 0.25) is 5.88 Å². The Balaban J connectivity index is 1.79. The first-order valence-electron chi connectivity index (χ1n) is 11.1. The number of H-pyrrole nitrogens is 1. The SMILES string of the molecule is COc1cccc(-c2ccc(C(=O)NS(=O)(=O)c3ccc[nH]c3=O)c(N3CCC(C)C3(C)C)n2)n1. The van der Waals surface area contributed by atoms with Crippen molar-refractivity contribution in [2.45, 2.75) is 37.6 Å². The van der Waals surface area contributed by atoms with Crippen molar-refractivity contribution in [2.75, 3.05) is 18.6 Å². The number of nitrogens with zero attached hydrogens (tertiary/aromatic N) is 3. The highest BCUT2D eigenvalue weighted by atomic mass is 32.2. The molecule has 1 aliphatic rings. The highest BCUT2D eigenvalue weighted by molar-refractivity contribution is 7.90. The van der Waals surface area contributed by atoms with Gasteiger partial charge in [0.15, 0.2) is 4.90 Å². The number of rotatable bonds is 6. The van der Waals surface area contributed by atoms with Gasteiger partial charge in [-0.25, -0.2) is 23.1 Å². The van der Waals surface area contributed by atoms with E-state index in [9.17, 15) is 18.0 Å². The standard InChI is InChI=1S/C24H27N5O5S/c1-15-12-14-29(24(15,2)3)21-16(10-11-18(27-21)17-7-5-9-20(26-17)34-4)22(30)28-35(32,33)19-8-6-13-25-23(19)31/h5-11,13,15H,12,14H2,1-4H3,(H,25,31)(H,28,30). The van der Waals surface area contributed by atoms with Gasteiger partial charge in [0.25, 0.3) is 21.5 Å². The van der Waals surface area contributed by atoms with Crippen LogP contribution in [0.1, 0.15) is 37.6 Å². The number of aromatic amines is 1. The lowest BCUT2D eigenvalue weighted by atomic mass is 9.90. The first kappa shape index (κ1) is 24.4. The zero-order valence-electron chi connectivity index (χ0n) is 19.9. The molecule has 4 heterocycles.